The molecule has 152 valence electrons. The van der Waals surface area contributed by atoms with Crippen LogP contribution in [0.1, 0.15) is 17.1 Å². The fourth-order valence-corrected chi connectivity index (χ4v) is 3.45. The van der Waals surface area contributed by atoms with E-state index in [9.17, 15) is 4.79 Å². The van der Waals surface area contributed by atoms with E-state index in [0.29, 0.717) is 11.8 Å². The zero-order valence-corrected chi connectivity index (χ0v) is 17.5. The van der Waals surface area contributed by atoms with E-state index in [4.69, 9.17) is 0 Å². The van der Waals surface area contributed by atoms with Gasteiger partial charge in [-0.25, -0.2) is 9.97 Å². The molecule has 2 heterocycles. The van der Waals surface area contributed by atoms with Crippen molar-refractivity contribution in [2.45, 2.75) is 20.8 Å². The molecule has 0 unspecified atom stereocenters. The van der Waals surface area contributed by atoms with Crippen molar-refractivity contribution in [1.82, 2.24) is 19.7 Å². The first-order valence-corrected chi connectivity index (χ1v) is 9.78. The zero-order chi connectivity index (χ0) is 21.3. The number of hydrogen-bond acceptors (Lipinski definition) is 5. The molecule has 0 radical (unpaired) electrons. The summed E-state index contributed by atoms with van der Waals surface area (Å²) in [6.45, 7) is 5.89. The van der Waals surface area contributed by atoms with Crippen LogP contribution in [0.4, 0.5) is 11.5 Å². The monoisotopic (exact) mass is 400 g/mol. The molecule has 0 aliphatic carbocycles. The maximum absolute atomic E-state index is 12.8. The molecule has 0 aliphatic rings. The van der Waals surface area contributed by atoms with Crippen LogP contribution in [0.2, 0.25) is 0 Å². The lowest BCUT2D eigenvalue weighted by molar-refractivity contribution is -0.115. The summed E-state index contributed by atoms with van der Waals surface area (Å²) < 4.78 is 1.57. The summed E-state index contributed by atoms with van der Waals surface area (Å²) >= 11 is 0. The number of anilines is 2. The molecule has 0 spiro atoms. The van der Waals surface area contributed by atoms with E-state index in [1.807, 2.05) is 63.1 Å². The topological polar surface area (TPSA) is 75.9 Å². The van der Waals surface area contributed by atoms with Gasteiger partial charge >= 0.3 is 0 Å². The van der Waals surface area contributed by atoms with Crippen LogP contribution in [-0.4, -0.2) is 39.2 Å². The third-order valence-corrected chi connectivity index (χ3v) is 4.81. The highest BCUT2D eigenvalue weighted by Gasteiger charge is 2.15. The summed E-state index contributed by atoms with van der Waals surface area (Å²) in [6, 6.07) is 18.1. The van der Waals surface area contributed by atoms with Gasteiger partial charge < -0.3 is 10.2 Å². The molecule has 2 aromatic heterocycles. The fourth-order valence-electron chi connectivity index (χ4n) is 3.45. The molecule has 4 aromatic rings. The SMILES string of the molecule is Cc1cc(C)nc(-n2nc(C)cc2NC(=O)CN(C)c2ccc3ccccc3c2)n1. The van der Waals surface area contributed by atoms with Gasteiger partial charge in [-0.15, -0.1) is 0 Å². The van der Waals surface area contributed by atoms with Crippen LogP contribution < -0.4 is 10.2 Å². The summed E-state index contributed by atoms with van der Waals surface area (Å²) in [6.07, 6.45) is 0. The predicted octanol–water partition coefficient (Wildman–Crippen LogP) is 3.82. The van der Waals surface area contributed by atoms with Gasteiger partial charge in [0.1, 0.15) is 5.82 Å². The molecule has 4 rings (SSSR count). The standard InChI is InChI=1S/C23H24N6O/c1-15-11-16(2)25-23(24-15)29-21(12-17(3)27-29)26-22(30)14-28(4)20-10-9-18-7-5-6-8-19(18)13-20/h5-13H,14H2,1-4H3,(H,26,30). The lowest BCUT2D eigenvalue weighted by atomic mass is 10.1. The summed E-state index contributed by atoms with van der Waals surface area (Å²) in [5, 5.41) is 9.71. The Morgan fingerprint density at radius 3 is 2.37 bits per heavy atom. The van der Waals surface area contributed by atoms with Crippen LogP contribution in [-0.2, 0) is 4.79 Å². The number of aromatic nitrogens is 4. The lowest BCUT2D eigenvalue weighted by Crippen LogP contribution is -2.30. The predicted molar refractivity (Wildman–Crippen MR) is 119 cm³/mol. The zero-order valence-electron chi connectivity index (χ0n) is 17.5. The molecule has 1 amide bonds. The Bertz CT molecular complexity index is 1210. The van der Waals surface area contributed by atoms with Crippen molar-refractivity contribution in [3.05, 3.63) is 71.7 Å². The van der Waals surface area contributed by atoms with Crippen molar-refractivity contribution in [2.24, 2.45) is 0 Å². The molecule has 30 heavy (non-hydrogen) atoms. The van der Waals surface area contributed by atoms with Crippen molar-refractivity contribution >= 4 is 28.2 Å². The highest BCUT2D eigenvalue weighted by atomic mass is 16.2. The van der Waals surface area contributed by atoms with E-state index < -0.39 is 0 Å². The summed E-state index contributed by atoms with van der Waals surface area (Å²) in [4.78, 5) is 23.6. The lowest BCUT2D eigenvalue weighted by Gasteiger charge is -2.19. The van der Waals surface area contributed by atoms with Gasteiger partial charge in [0.15, 0.2) is 0 Å². The average molecular weight is 400 g/mol. The second-order valence-corrected chi connectivity index (χ2v) is 7.47. The van der Waals surface area contributed by atoms with Gasteiger partial charge in [0, 0.05) is 30.2 Å². The number of hydrogen-bond donors (Lipinski definition) is 1. The fraction of sp³-hybridized carbons (Fsp3) is 0.217. The summed E-state index contributed by atoms with van der Waals surface area (Å²) in [5.74, 6) is 0.851. The first-order chi connectivity index (χ1) is 14.4. The Kier molecular flexibility index (Phi) is 5.18. The highest BCUT2D eigenvalue weighted by molar-refractivity contribution is 5.94. The Hall–Kier alpha value is -3.74. The number of fused-ring (bicyclic) bond motifs is 1. The van der Waals surface area contributed by atoms with Gasteiger partial charge in [0.25, 0.3) is 5.95 Å². The van der Waals surface area contributed by atoms with Gasteiger partial charge in [0.2, 0.25) is 5.91 Å². The molecule has 0 fully saturated rings. The van der Waals surface area contributed by atoms with E-state index >= 15 is 0 Å². The minimum atomic E-state index is -0.142. The third kappa shape index (κ3) is 4.15. The molecule has 1 N–H and O–H groups in total. The number of carbonyl (C=O) groups is 1. The molecule has 0 saturated carbocycles. The number of nitrogens with one attached hydrogen (secondary N) is 1. The Labute approximate surface area is 175 Å². The first kappa shape index (κ1) is 19.6. The molecule has 0 saturated heterocycles. The van der Waals surface area contributed by atoms with Crippen LogP contribution in [0, 0.1) is 20.8 Å². The molecule has 0 bridgehead atoms. The Morgan fingerprint density at radius 2 is 1.63 bits per heavy atom. The summed E-state index contributed by atoms with van der Waals surface area (Å²) in [5.41, 5.74) is 3.44. The number of carbonyl (C=O) groups excluding carboxylic acids is 1. The number of amides is 1. The van der Waals surface area contributed by atoms with Gasteiger partial charge in [-0.05, 0) is 49.7 Å². The number of benzene rings is 2. The van der Waals surface area contributed by atoms with Crippen LogP contribution in [0.15, 0.2) is 54.6 Å². The van der Waals surface area contributed by atoms with Crippen molar-refractivity contribution in [3.63, 3.8) is 0 Å². The second-order valence-electron chi connectivity index (χ2n) is 7.47. The maximum atomic E-state index is 12.8. The smallest absolute Gasteiger partial charge is 0.252 e. The Balaban J connectivity index is 1.52. The van der Waals surface area contributed by atoms with Crippen LogP contribution in [0.5, 0.6) is 0 Å². The van der Waals surface area contributed by atoms with Crippen LogP contribution in [0.3, 0.4) is 0 Å². The number of nitrogens with zero attached hydrogens (tertiary/aromatic N) is 5. The van der Waals surface area contributed by atoms with E-state index in [0.717, 1.165) is 28.2 Å². The van der Waals surface area contributed by atoms with Crippen LogP contribution in [0.25, 0.3) is 16.7 Å². The third-order valence-electron chi connectivity index (χ3n) is 4.81. The molecule has 2 aromatic carbocycles. The number of aryl methyl sites for hydroxylation is 3. The molecular formula is C23H24N6O. The van der Waals surface area contributed by atoms with E-state index in [1.54, 1.807) is 4.68 Å². The second kappa shape index (κ2) is 7.94. The van der Waals surface area contributed by atoms with Gasteiger partial charge in [-0.1, -0.05) is 30.3 Å². The van der Waals surface area contributed by atoms with Gasteiger partial charge in [0.05, 0.1) is 12.2 Å². The van der Waals surface area contributed by atoms with Crippen molar-refractivity contribution < 1.29 is 4.79 Å². The quantitative estimate of drug-likeness (QED) is 0.551. The molecule has 7 nitrogen and oxygen atoms in total. The number of likely N-dealkylation sites (N-methyl/N-ethyl adjacent to an activating group) is 1. The Morgan fingerprint density at radius 1 is 0.933 bits per heavy atom. The molecule has 7 heteroatoms. The first-order valence-electron chi connectivity index (χ1n) is 9.78. The van der Waals surface area contributed by atoms with E-state index in [1.165, 1.54) is 5.39 Å². The normalized spacial score (nSPS) is 10.9. The average Bonchev–Trinajstić information content (AvgIpc) is 3.06. The minimum Gasteiger partial charge on any atom is -0.365 e. The molecule has 0 atom stereocenters. The highest BCUT2D eigenvalue weighted by Crippen LogP contribution is 2.21. The largest absolute Gasteiger partial charge is 0.365 e. The molecule has 0 aliphatic heterocycles. The van der Waals surface area contributed by atoms with E-state index in [-0.39, 0.29) is 12.5 Å². The van der Waals surface area contributed by atoms with Crippen molar-refractivity contribution in [2.75, 3.05) is 23.8 Å². The van der Waals surface area contributed by atoms with Crippen molar-refractivity contribution in [1.29, 1.82) is 0 Å². The van der Waals surface area contributed by atoms with Gasteiger partial charge in [-0.3, -0.25) is 4.79 Å². The van der Waals surface area contributed by atoms with Crippen LogP contribution >= 0.6 is 0 Å². The van der Waals surface area contributed by atoms with Crippen molar-refractivity contribution in [3.8, 4) is 5.95 Å². The minimum absolute atomic E-state index is 0.142. The van der Waals surface area contributed by atoms with E-state index in [2.05, 4.69) is 44.6 Å². The van der Waals surface area contributed by atoms with Gasteiger partial charge in [-0.2, -0.15) is 9.78 Å². The number of rotatable bonds is 5. The molecular weight excluding hydrogens is 376 g/mol. The maximum Gasteiger partial charge on any atom is 0.252 e. The summed E-state index contributed by atoms with van der Waals surface area (Å²) in [7, 11) is 1.90.